The quantitative estimate of drug-likeness (QED) is 0.618. The van der Waals surface area contributed by atoms with E-state index >= 15 is 0 Å². The molecule has 112 valence electrons. The van der Waals surface area contributed by atoms with Crippen LogP contribution in [0.4, 0.5) is 5.69 Å². The molecule has 0 bridgehead atoms. The van der Waals surface area contributed by atoms with Crippen molar-refractivity contribution in [1.82, 2.24) is 4.90 Å². The van der Waals surface area contributed by atoms with Gasteiger partial charge < -0.3 is 4.90 Å². The molecule has 1 aromatic carbocycles. The highest BCUT2D eigenvalue weighted by Gasteiger charge is 2.43. The molecular weight excluding hydrogens is 282 g/mol. The summed E-state index contributed by atoms with van der Waals surface area (Å²) in [5.41, 5.74) is 0.843. The van der Waals surface area contributed by atoms with Crippen LogP contribution in [-0.2, 0) is 14.4 Å². The first-order chi connectivity index (χ1) is 10.5. The summed E-state index contributed by atoms with van der Waals surface area (Å²) >= 11 is 0. The molecule has 0 aromatic heterocycles. The van der Waals surface area contributed by atoms with E-state index in [2.05, 4.69) is 6.58 Å². The minimum Gasteiger partial charge on any atom is -0.327 e. The molecule has 6 heteroatoms. The van der Waals surface area contributed by atoms with Crippen LogP contribution < -0.4 is 4.90 Å². The zero-order valence-electron chi connectivity index (χ0n) is 12.2. The van der Waals surface area contributed by atoms with Gasteiger partial charge in [-0.2, -0.15) is 5.26 Å². The molecule has 0 saturated carbocycles. The van der Waals surface area contributed by atoms with Crippen LogP contribution in [0, 0.1) is 11.3 Å². The summed E-state index contributed by atoms with van der Waals surface area (Å²) in [6.07, 6.45) is 1.47. The van der Waals surface area contributed by atoms with E-state index in [9.17, 15) is 14.4 Å². The number of carbonyl (C=O) groups is 3. The Hall–Kier alpha value is -2.94. The lowest BCUT2D eigenvalue weighted by Gasteiger charge is -2.25. The van der Waals surface area contributed by atoms with Gasteiger partial charge in [0.2, 0.25) is 11.8 Å². The van der Waals surface area contributed by atoms with Gasteiger partial charge in [-0.25, -0.2) is 4.90 Å². The van der Waals surface area contributed by atoms with Crippen molar-refractivity contribution in [1.29, 1.82) is 5.26 Å². The van der Waals surface area contributed by atoms with Crippen LogP contribution >= 0.6 is 0 Å². The van der Waals surface area contributed by atoms with Gasteiger partial charge in [0.25, 0.3) is 5.91 Å². The van der Waals surface area contributed by atoms with Gasteiger partial charge in [-0.15, -0.1) is 6.58 Å². The smallest absolute Gasteiger partial charge is 0.257 e. The minimum absolute atomic E-state index is 0.0494. The Balaban J connectivity index is 2.29. The number of amides is 3. The largest absolute Gasteiger partial charge is 0.327 e. The third kappa shape index (κ3) is 2.74. The number of carbonyl (C=O) groups excluding carboxylic acids is 3. The predicted octanol–water partition coefficient (Wildman–Crippen LogP) is 1.22. The average Bonchev–Trinajstić information content (AvgIpc) is 2.79. The van der Waals surface area contributed by atoms with E-state index in [0.717, 1.165) is 4.90 Å². The molecular formula is C16H15N3O3. The maximum Gasteiger partial charge on any atom is 0.257 e. The Morgan fingerprint density at radius 3 is 2.59 bits per heavy atom. The molecule has 1 heterocycles. The highest BCUT2D eigenvalue weighted by Crippen LogP contribution is 2.26. The Kier molecular flexibility index (Phi) is 4.37. The predicted molar refractivity (Wildman–Crippen MR) is 79.6 cm³/mol. The number of nitriles is 1. The Morgan fingerprint density at radius 2 is 2.09 bits per heavy atom. The lowest BCUT2D eigenvalue weighted by molar-refractivity contribution is -0.135. The third-order valence-corrected chi connectivity index (χ3v) is 3.48. The fraction of sp³-hybridized carbons (Fsp3) is 0.250. The van der Waals surface area contributed by atoms with Gasteiger partial charge in [0.15, 0.2) is 0 Å². The van der Waals surface area contributed by atoms with Gasteiger partial charge in [0.05, 0.1) is 23.7 Å². The molecule has 1 unspecified atom stereocenters. The number of benzene rings is 1. The first kappa shape index (κ1) is 15.4. The normalized spacial score (nSPS) is 17.3. The van der Waals surface area contributed by atoms with Crippen LogP contribution in [-0.4, -0.2) is 35.2 Å². The lowest BCUT2D eigenvalue weighted by atomic mass is 10.2. The van der Waals surface area contributed by atoms with E-state index in [0.29, 0.717) is 11.3 Å². The summed E-state index contributed by atoms with van der Waals surface area (Å²) < 4.78 is 0. The molecule has 6 nitrogen and oxygen atoms in total. The zero-order chi connectivity index (χ0) is 16.3. The fourth-order valence-electron chi connectivity index (χ4n) is 2.43. The van der Waals surface area contributed by atoms with E-state index in [4.69, 9.17) is 5.26 Å². The molecule has 0 N–H and O–H groups in total. The molecule has 22 heavy (non-hydrogen) atoms. The number of anilines is 1. The number of hydrogen-bond acceptors (Lipinski definition) is 4. The monoisotopic (exact) mass is 297 g/mol. The van der Waals surface area contributed by atoms with Gasteiger partial charge in [0.1, 0.15) is 6.04 Å². The van der Waals surface area contributed by atoms with Gasteiger partial charge in [-0.05, 0) is 24.3 Å². The van der Waals surface area contributed by atoms with Crippen molar-refractivity contribution in [2.75, 3.05) is 11.4 Å². The summed E-state index contributed by atoms with van der Waals surface area (Å²) in [6, 6.07) is 7.33. The van der Waals surface area contributed by atoms with E-state index in [1.807, 2.05) is 6.07 Å². The molecule has 3 amide bonds. The van der Waals surface area contributed by atoms with Gasteiger partial charge in [0, 0.05) is 13.5 Å². The summed E-state index contributed by atoms with van der Waals surface area (Å²) in [6.45, 7) is 5.12. The van der Waals surface area contributed by atoms with Crippen LogP contribution in [0.25, 0.3) is 0 Å². The summed E-state index contributed by atoms with van der Waals surface area (Å²) in [4.78, 5) is 38.7. The van der Waals surface area contributed by atoms with Gasteiger partial charge in [-0.1, -0.05) is 6.08 Å². The molecule has 1 atom stereocenters. The SMILES string of the molecule is C=CCN(C(C)=O)C1CC(=O)N(c2ccc(C#N)cc2)C1=O. The minimum atomic E-state index is -0.807. The molecule has 1 aliphatic heterocycles. The average molecular weight is 297 g/mol. The number of hydrogen-bond donors (Lipinski definition) is 0. The topological polar surface area (TPSA) is 81.5 Å². The maximum atomic E-state index is 12.5. The fourth-order valence-corrected chi connectivity index (χ4v) is 2.43. The summed E-state index contributed by atoms with van der Waals surface area (Å²) in [5, 5.41) is 8.78. The summed E-state index contributed by atoms with van der Waals surface area (Å²) in [7, 11) is 0. The van der Waals surface area contributed by atoms with E-state index in [-0.39, 0.29) is 24.8 Å². The number of imide groups is 1. The van der Waals surface area contributed by atoms with Crippen LogP contribution in [0.15, 0.2) is 36.9 Å². The second-order valence-electron chi connectivity index (χ2n) is 4.91. The molecule has 0 aliphatic carbocycles. The highest BCUT2D eigenvalue weighted by atomic mass is 16.2. The first-order valence-electron chi connectivity index (χ1n) is 6.74. The van der Waals surface area contributed by atoms with Crippen molar-refractivity contribution in [3.63, 3.8) is 0 Å². The maximum absolute atomic E-state index is 12.5. The first-order valence-corrected chi connectivity index (χ1v) is 6.74. The number of rotatable bonds is 4. The van der Waals surface area contributed by atoms with Crippen molar-refractivity contribution in [2.24, 2.45) is 0 Å². The number of nitrogens with zero attached hydrogens (tertiary/aromatic N) is 3. The van der Waals surface area contributed by atoms with Crippen LogP contribution in [0.1, 0.15) is 18.9 Å². The molecule has 1 aliphatic rings. The Bertz CT molecular complexity index is 673. The molecule has 2 rings (SSSR count). The summed E-state index contributed by atoms with van der Waals surface area (Å²) in [5.74, 6) is -1.09. The van der Waals surface area contributed by atoms with E-state index in [1.165, 1.54) is 30.0 Å². The molecule has 0 spiro atoms. The standard InChI is InChI=1S/C16H15N3O3/c1-3-8-18(11(2)20)14-9-15(21)19(16(14)22)13-6-4-12(10-17)5-7-13/h3-7,14H,1,8-9H2,2H3. The van der Waals surface area contributed by atoms with Crippen molar-refractivity contribution < 1.29 is 14.4 Å². The third-order valence-electron chi connectivity index (χ3n) is 3.48. The highest BCUT2D eigenvalue weighted by molar-refractivity contribution is 6.23. The van der Waals surface area contributed by atoms with Crippen molar-refractivity contribution >= 4 is 23.4 Å². The van der Waals surface area contributed by atoms with Crippen LogP contribution in [0.5, 0.6) is 0 Å². The van der Waals surface area contributed by atoms with E-state index < -0.39 is 11.9 Å². The van der Waals surface area contributed by atoms with Gasteiger partial charge in [-0.3, -0.25) is 14.4 Å². The van der Waals surface area contributed by atoms with Crippen molar-refractivity contribution in [3.8, 4) is 6.07 Å². The molecule has 1 aromatic rings. The molecule has 1 saturated heterocycles. The zero-order valence-corrected chi connectivity index (χ0v) is 12.2. The van der Waals surface area contributed by atoms with E-state index in [1.54, 1.807) is 12.1 Å². The van der Waals surface area contributed by atoms with Crippen molar-refractivity contribution in [2.45, 2.75) is 19.4 Å². The molecule has 0 radical (unpaired) electrons. The van der Waals surface area contributed by atoms with Crippen LogP contribution in [0.3, 0.4) is 0 Å². The Labute approximate surface area is 128 Å². The second kappa shape index (κ2) is 6.22. The lowest BCUT2D eigenvalue weighted by Crippen LogP contribution is -2.44. The molecule has 1 fully saturated rings. The van der Waals surface area contributed by atoms with Crippen LogP contribution in [0.2, 0.25) is 0 Å². The Morgan fingerprint density at radius 1 is 1.45 bits per heavy atom. The second-order valence-corrected chi connectivity index (χ2v) is 4.91. The van der Waals surface area contributed by atoms with Crippen molar-refractivity contribution in [3.05, 3.63) is 42.5 Å². The van der Waals surface area contributed by atoms with Gasteiger partial charge >= 0.3 is 0 Å².